The minimum Gasteiger partial charge on any atom is -0.388 e. The number of pyridine rings is 1. The van der Waals surface area contributed by atoms with Gasteiger partial charge in [0.05, 0.1) is 17.2 Å². The van der Waals surface area contributed by atoms with Crippen LogP contribution in [0, 0.1) is 11.6 Å². The zero-order valence-corrected chi connectivity index (χ0v) is 17.4. The molecular formula is C22H18ClF2N5O2. The van der Waals surface area contributed by atoms with Crippen LogP contribution in [-0.2, 0) is 0 Å². The minimum atomic E-state index is -1.00. The van der Waals surface area contributed by atoms with Gasteiger partial charge in [-0.15, -0.1) is 5.10 Å². The lowest BCUT2D eigenvalue weighted by atomic mass is 10.0. The van der Waals surface area contributed by atoms with Crippen molar-refractivity contribution in [3.8, 4) is 11.1 Å². The molecule has 2 aromatic carbocycles. The molecule has 0 spiro atoms. The van der Waals surface area contributed by atoms with Gasteiger partial charge in [-0.05, 0) is 53.9 Å². The molecule has 2 aromatic heterocycles. The van der Waals surface area contributed by atoms with Crippen molar-refractivity contribution in [2.24, 2.45) is 0 Å². The maximum Gasteiger partial charge on any atom is 0.254 e. The number of aliphatic hydroxyl groups excluding tert-OH is 1. The molecule has 4 N–H and O–H groups in total. The first kappa shape index (κ1) is 21.7. The van der Waals surface area contributed by atoms with Crippen molar-refractivity contribution in [2.75, 3.05) is 12.3 Å². The maximum absolute atomic E-state index is 15.1. The van der Waals surface area contributed by atoms with E-state index in [2.05, 4.69) is 15.4 Å². The predicted molar refractivity (Wildman–Crippen MR) is 116 cm³/mol. The highest BCUT2D eigenvalue weighted by atomic mass is 35.5. The second-order valence-corrected chi connectivity index (χ2v) is 7.52. The van der Waals surface area contributed by atoms with Gasteiger partial charge in [-0.3, -0.25) is 4.79 Å². The van der Waals surface area contributed by atoms with Crippen LogP contribution in [0.25, 0.3) is 16.8 Å². The number of hydrogen-bond acceptors (Lipinski definition) is 5. The molecular weight excluding hydrogens is 440 g/mol. The second-order valence-electron chi connectivity index (χ2n) is 7.08. The molecule has 0 saturated carbocycles. The van der Waals surface area contributed by atoms with E-state index < -0.39 is 23.6 Å². The third-order valence-electron chi connectivity index (χ3n) is 4.94. The van der Waals surface area contributed by atoms with Crippen molar-refractivity contribution in [1.82, 2.24) is 19.9 Å². The number of nitrogens with zero attached hydrogens (tertiary/aromatic N) is 3. The molecule has 0 fully saturated rings. The summed E-state index contributed by atoms with van der Waals surface area (Å²) >= 11 is 5.83. The number of amides is 1. The monoisotopic (exact) mass is 457 g/mol. The molecule has 4 rings (SSSR count). The Balaban J connectivity index is 1.51. The van der Waals surface area contributed by atoms with Gasteiger partial charge in [0.25, 0.3) is 5.91 Å². The number of carbonyl (C=O) groups is 1. The van der Waals surface area contributed by atoms with Gasteiger partial charge in [-0.1, -0.05) is 23.7 Å². The van der Waals surface area contributed by atoms with Crippen LogP contribution in [0.5, 0.6) is 0 Å². The van der Waals surface area contributed by atoms with Gasteiger partial charge < -0.3 is 16.2 Å². The Morgan fingerprint density at radius 2 is 1.94 bits per heavy atom. The second kappa shape index (κ2) is 8.89. The van der Waals surface area contributed by atoms with Crippen LogP contribution in [0.4, 0.5) is 14.7 Å². The van der Waals surface area contributed by atoms with E-state index in [1.54, 1.807) is 24.3 Å². The first-order valence-corrected chi connectivity index (χ1v) is 10.0. The van der Waals surface area contributed by atoms with E-state index in [4.69, 9.17) is 17.3 Å². The highest BCUT2D eigenvalue weighted by Gasteiger charge is 2.21. The van der Waals surface area contributed by atoms with Crippen LogP contribution in [0.15, 0.2) is 54.7 Å². The van der Waals surface area contributed by atoms with E-state index in [0.717, 1.165) is 12.1 Å². The Labute approximate surface area is 186 Å². The van der Waals surface area contributed by atoms with Crippen molar-refractivity contribution >= 4 is 29.1 Å². The van der Waals surface area contributed by atoms with E-state index in [-0.39, 0.29) is 35.6 Å². The fraction of sp³-hybridized carbons (Fsp3) is 0.136. The van der Waals surface area contributed by atoms with Gasteiger partial charge in [0.15, 0.2) is 5.65 Å². The molecule has 0 saturated heterocycles. The SMILES string of the molecule is Nc1nc2cc(-c3c(F)ccc(C(=O)NCC[C@H](O)c4ccc(Cl)cc4)c3F)ccn2n1. The molecule has 1 atom stereocenters. The quantitative estimate of drug-likeness (QED) is 0.409. The summed E-state index contributed by atoms with van der Waals surface area (Å²) < 4.78 is 31.0. The van der Waals surface area contributed by atoms with Crippen molar-refractivity contribution < 1.29 is 18.7 Å². The third kappa shape index (κ3) is 4.39. The molecule has 164 valence electrons. The van der Waals surface area contributed by atoms with E-state index in [1.807, 2.05) is 0 Å². The number of nitrogen functional groups attached to an aromatic ring is 1. The Morgan fingerprint density at radius 3 is 2.69 bits per heavy atom. The van der Waals surface area contributed by atoms with E-state index in [0.29, 0.717) is 16.2 Å². The first-order valence-electron chi connectivity index (χ1n) is 9.65. The molecule has 32 heavy (non-hydrogen) atoms. The van der Waals surface area contributed by atoms with Crippen molar-refractivity contribution in [3.05, 3.63) is 82.5 Å². The van der Waals surface area contributed by atoms with Crippen LogP contribution in [0.1, 0.15) is 28.4 Å². The van der Waals surface area contributed by atoms with Crippen LogP contribution in [-0.4, -0.2) is 32.2 Å². The third-order valence-corrected chi connectivity index (χ3v) is 5.19. The molecule has 7 nitrogen and oxygen atoms in total. The summed E-state index contributed by atoms with van der Waals surface area (Å²) in [6.45, 7) is 0.0831. The highest BCUT2D eigenvalue weighted by Crippen LogP contribution is 2.29. The van der Waals surface area contributed by atoms with Gasteiger partial charge in [0.1, 0.15) is 11.6 Å². The van der Waals surface area contributed by atoms with Crippen LogP contribution in [0.3, 0.4) is 0 Å². The van der Waals surface area contributed by atoms with Crippen LogP contribution >= 0.6 is 11.6 Å². The summed E-state index contributed by atoms with van der Waals surface area (Å²) in [4.78, 5) is 16.5. The average molecular weight is 458 g/mol. The largest absolute Gasteiger partial charge is 0.388 e. The topological polar surface area (TPSA) is 106 Å². The zero-order valence-electron chi connectivity index (χ0n) is 16.6. The number of rotatable bonds is 6. The molecule has 0 aliphatic heterocycles. The first-order chi connectivity index (χ1) is 15.3. The lowest BCUT2D eigenvalue weighted by Crippen LogP contribution is -2.26. The minimum absolute atomic E-state index is 0.0250. The van der Waals surface area contributed by atoms with Gasteiger partial charge in [0, 0.05) is 17.8 Å². The van der Waals surface area contributed by atoms with Crippen LogP contribution in [0.2, 0.25) is 5.02 Å². The number of nitrogens with two attached hydrogens (primary N) is 1. The number of hydrogen-bond donors (Lipinski definition) is 3. The summed E-state index contributed by atoms with van der Waals surface area (Å²) in [5, 5.41) is 17.2. The van der Waals surface area contributed by atoms with Crippen LogP contribution < -0.4 is 11.1 Å². The summed E-state index contributed by atoms with van der Waals surface area (Å²) in [7, 11) is 0. The smallest absolute Gasteiger partial charge is 0.254 e. The molecule has 10 heteroatoms. The fourth-order valence-electron chi connectivity index (χ4n) is 3.32. The molecule has 0 radical (unpaired) electrons. The van der Waals surface area contributed by atoms with Crippen molar-refractivity contribution in [1.29, 1.82) is 0 Å². The number of nitrogens with one attached hydrogen (secondary N) is 1. The molecule has 0 aliphatic carbocycles. The summed E-state index contributed by atoms with van der Waals surface area (Å²) in [5.41, 5.74) is 6.01. The van der Waals surface area contributed by atoms with Crippen molar-refractivity contribution in [3.63, 3.8) is 0 Å². The molecule has 1 amide bonds. The predicted octanol–water partition coefficient (Wildman–Crippen LogP) is 3.76. The number of benzene rings is 2. The van der Waals surface area contributed by atoms with E-state index in [9.17, 15) is 14.3 Å². The lowest BCUT2D eigenvalue weighted by molar-refractivity contribution is 0.0938. The standard InChI is InChI=1S/C22H18ClF2N5O2/c23-14-3-1-12(2-4-14)17(31)7-9-27-21(32)15-5-6-16(24)19(20(15)25)13-8-10-30-18(11-13)28-22(26)29-30/h1-6,8,10-11,17,31H,7,9H2,(H2,26,29)(H,27,32)/t17-/m0/s1. The number of carbonyl (C=O) groups excluding carboxylic acids is 1. The number of anilines is 1. The van der Waals surface area contributed by atoms with E-state index >= 15 is 4.39 Å². The maximum atomic E-state index is 15.1. The molecule has 0 unspecified atom stereocenters. The Hall–Kier alpha value is -3.56. The fourth-order valence-corrected chi connectivity index (χ4v) is 3.44. The Morgan fingerprint density at radius 1 is 1.19 bits per heavy atom. The summed E-state index contributed by atoms with van der Waals surface area (Å²) in [6.07, 6.45) is 0.842. The number of aromatic nitrogens is 3. The Bertz CT molecular complexity index is 1290. The number of fused-ring (bicyclic) bond motifs is 1. The zero-order chi connectivity index (χ0) is 22.8. The molecule has 4 aromatic rings. The lowest BCUT2D eigenvalue weighted by Gasteiger charge is -2.13. The summed E-state index contributed by atoms with van der Waals surface area (Å²) in [6, 6.07) is 11.6. The van der Waals surface area contributed by atoms with Gasteiger partial charge in [-0.2, -0.15) is 4.98 Å². The summed E-state index contributed by atoms with van der Waals surface area (Å²) in [5.74, 6) is -2.52. The van der Waals surface area contributed by atoms with Gasteiger partial charge >= 0.3 is 0 Å². The van der Waals surface area contributed by atoms with Crippen molar-refractivity contribution in [2.45, 2.75) is 12.5 Å². The average Bonchev–Trinajstić information content (AvgIpc) is 3.13. The van der Waals surface area contributed by atoms with Gasteiger partial charge in [-0.25, -0.2) is 13.3 Å². The molecule has 0 bridgehead atoms. The number of aliphatic hydroxyl groups is 1. The number of halogens is 3. The Kier molecular flexibility index (Phi) is 6.02. The van der Waals surface area contributed by atoms with E-state index in [1.165, 1.54) is 22.8 Å². The normalized spacial score (nSPS) is 12.1. The highest BCUT2D eigenvalue weighted by molar-refractivity contribution is 6.30. The van der Waals surface area contributed by atoms with Gasteiger partial charge in [0.2, 0.25) is 5.95 Å². The molecule has 2 heterocycles. The molecule has 0 aliphatic rings.